The first-order valence-corrected chi connectivity index (χ1v) is 5.83. The number of hydrogen-bond donors (Lipinski definition) is 1. The number of carbonyl (C=O) groups excluding carboxylic acids is 1. The molecule has 0 bridgehead atoms. The molecule has 1 atom stereocenters. The first-order valence-electron chi connectivity index (χ1n) is 5.83. The van der Waals surface area contributed by atoms with Gasteiger partial charge in [-0.2, -0.15) is 0 Å². The van der Waals surface area contributed by atoms with Crippen molar-refractivity contribution >= 4 is 17.7 Å². The summed E-state index contributed by atoms with van der Waals surface area (Å²) in [7, 11) is 0. The molecule has 1 amide bonds. The highest BCUT2D eigenvalue weighted by Crippen LogP contribution is 2.22. The number of carbonyl (C=O) groups is 2. The molecule has 1 unspecified atom stereocenters. The molecule has 0 aromatic heterocycles. The molecular weight excluding hydrogens is 234 g/mol. The lowest BCUT2D eigenvalue weighted by Gasteiger charge is -2.31. The van der Waals surface area contributed by atoms with Crippen LogP contribution in [-0.2, 0) is 9.53 Å². The molecule has 1 aliphatic rings. The Morgan fingerprint density at radius 3 is 2.67 bits per heavy atom. The van der Waals surface area contributed by atoms with Crippen molar-refractivity contribution in [3.05, 3.63) is 29.8 Å². The van der Waals surface area contributed by atoms with Gasteiger partial charge in [-0.15, -0.1) is 0 Å². The van der Waals surface area contributed by atoms with Crippen LogP contribution in [0.1, 0.15) is 18.4 Å². The van der Waals surface area contributed by atoms with Crippen LogP contribution in [0.3, 0.4) is 0 Å². The molecular formula is C13H15NO4. The van der Waals surface area contributed by atoms with Crippen molar-refractivity contribution in [2.75, 3.05) is 11.4 Å². The Morgan fingerprint density at radius 2 is 2.11 bits per heavy atom. The van der Waals surface area contributed by atoms with Gasteiger partial charge in [0.2, 0.25) is 0 Å². The van der Waals surface area contributed by atoms with Gasteiger partial charge < -0.3 is 9.84 Å². The lowest BCUT2D eigenvalue weighted by molar-refractivity contribution is -0.139. The Balaban J connectivity index is 2.03. The van der Waals surface area contributed by atoms with Crippen molar-refractivity contribution in [1.29, 1.82) is 0 Å². The Kier molecular flexibility index (Phi) is 3.50. The Hall–Kier alpha value is -2.04. The number of benzene rings is 1. The zero-order chi connectivity index (χ0) is 13.1. The lowest BCUT2D eigenvalue weighted by atomic mass is 10.1. The summed E-state index contributed by atoms with van der Waals surface area (Å²) in [5.74, 6) is -0.948. The predicted octanol–water partition coefficient (Wildman–Crippen LogP) is 2.19. The molecule has 5 nitrogen and oxygen atoms in total. The normalized spacial score (nSPS) is 19.5. The maximum absolute atomic E-state index is 11.8. The third-order valence-electron chi connectivity index (χ3n) is 2.91. The molecule has 0 aliphatic carbocycles. The van der Waals surface area contributed by atoms with E-state index in [4.69, 9.17) is 9.84 Å². The molecule has 1 N–H and O–H groups in total. The molecule has 1 aromatic carbocycles. The molecule has 1 heterocycles. The number of anilines is 1. The van der Waals surface area contributed by atoms with Crippen LogP contribution >= 0.6 is 0 Å². The quantitative estimate of drug-likeness (QED) is 0.891. The topological polar surface area (TPSA) is 66.8 Å². The highest BCUT2D eigenvalue weighted by Gasteiger charge is 2.29. The third kappa shape index (κ3) is 2.80. The highest BCUT2D eigenvalue weighted by atomic mass is 16.6. The minimum absolute atomic E-state index is 0.131. The van der Waals surface area contributed by atoms with Gasteiger partial charge in [-0.3, -0.25) is 9.69 Å². The van der Waals surface area contributed by atoms with Gasteiger partial charge in [0.1, 0.15) is 6.10 Å². The van der Waals surface area contributed by atoms with E-state index in [1.165, 1.54) is 4.90 Å². The smallest absolute Gasteiger partial charge is 0.414 e. The Morgan fingerprint density at radius 1 is 1.44 bits per heavy atom. The van der Waals surface area contributed by atoms with Crippen LogP contribution in [0.4, 0.5) is 10.5 Å². The van der Waals surface area contributed by atoms with E-state index in [-0.39, 0.29) is 6.42 Å². The van der Waals surface area contributed by atoms with Crippen molar-refractivity contribution < 1.29 is 19.4 Å². The number of amides is 1. The standard InChI is InChI=1S/C13H15NO4/c1-9-2-4-10(5-3-9)14-7-6-11(8-12(15)16)18-13(14)17/h2-5,11H,6-8H2,1H3,(H,15,16). The second-order valence-electron chi connectivity index (χ2n) is 4.38. The Labute approximate surface area is 105 Å². The maximum atomic E-state index is 11.8. The number of rotatable bonds is 3. The van der Waals surface area contributed by atoms with Crippen LogP contribution in [-0.4, -0.2) is 29.8 Å². The van der Waals surface area contributed by atoms with Gasteiger partial charge in [0, 0.05) is 18.7 Å². The lowest BCUT2D eigenvalue weighted by Crippen LogP contribution is -2.42. The van der Waals surface area contributed by atoms with E-state index < -0.39 is 18.2 Å². The monoisotopic (exact) mass is 249 g/mol. The van der Waals surface area contributed by atoms with Gasteiger partial charge in [0.15, 0.2) is 0 Å². The van der Waals surface area contributed by atoms with Gasteiger partial charge in [-0.1, -0.05) is 17.7 Å². The van der Waals surface area contributed by atoms with E-state index in [2.05, 4.69) is 0 Å². The first-order chi connectivity index (χ1) is 8.56. The summed E-state index contributed by atoms with van der Waals surface area (Å²) in [4.78, 5) is 23.9. The van der Waals surface area contributed by atoms with Crippen molar-refractivity contribution in [1.82, 2.24) is 0 Å². The maximum Gasteiger partial charge on any atom is 0.414 e. The number of nitrogens with zero attached hydrogens (tertiary/aromatic N) is 1. The van der Waals surface area contributed by atoms with Crippen molar-refractivity contribution in [2.45, 2.75) is 25.9 Å². The summed E-state index contributed by atoms with van der Waals surface area (Å²) in [5, 5.41) is 8.66. The number of hydrogen-bond acceptors (Lipinski definition) is 3. The van der Waals surface area contributed by atoms with E-state index in [0.29, 0.717) is 13.0 Å². The molecule has 1 fully saturated rings. The summed E-state index contributed by atoms with van der Waals surface area (Å²) in [6.45, 7) is 2.46. The van der Waals surface area contributed by atoms with Crippen molar-refractivity contribution in [3.63, 3.8) is 0 Å². The van der Waals surface area contributed by atoms with Crippen LogP contribution in [0.2, 0.25) is 0 Å². The van der Waals surface area contributed by atoms with Gasteiger partial charge >= 0.3 is 12.1 Å². The number of carboxylic acids is 1. The number of carboxylic acid groups (broad SMARTS) is 1. The van der Waals surface area contributed by atoms with Gasteiger partial charge in [-0.25, -0.2) is 4.79 Å². The second kappa shape index (κ2) is 5.08. The van der Waals surface area contributed by atoms with Crippen LogP contribution in [0.5, 0.6) is 0 Å². The summed E-state index contributed by atoms with van der Waals surface area (Å²) < 4.78 is 5.10. The Bertz CT molecular complexity index is 455. The van der Waals surface area contributed by atoms with E-state index in [1.54, 1.807) is 0 Å². The number of aliphatic carboxylic acids is 1. The number of ether oxygens (including phenoxy) is 1. The molecule has 0 saturated carbocycles. The van der Waals surface area contributed by atoms with Crippen LogP contribution in [0.25, 0.3) is 0 Å². The molecule has 0 spiro atoms. The van der Waals surface area contributed by atoms with Gasteiger partial charge in [0.25, 0.3) is 0 Å². The molecule has 2 rings (SSSR count). The minimum Gasteiger partial charge on any atom is -0.481 e. The summed E-state index contributed by atoms with van der Waals surface area (Å²) in [6.07, 6.45) is -0.590. The van der Waals surface area contributed by atoms with Crippen LogP contribution in [0.15, 0.2) is 24.3 Å². The zero-order valence-corrected chi connectivity index (χ0v) is 10.1. The molecule has 1 aliphatic heterocycles. The van der Waals surface area contributed by atoms with Crippen molar-refractivity contribution in [2.24, 2.45) is 0 Å². The van der Waals surface area contributed by atoms with E-state index >= 15 is 0 Å². The molecule has 1 aromatic rings. The summed E-state index contributed by atoms with van der Waals surface area (Å²) in [6, 6.07) is 7.56. The van der Waals surface area contributed by atoms with Crippen molar-refractivity contribution in [3.8, 4) is 0 Å². The van der Waals surface area contributed by atoms with Crippen LogP contribution in [0, 0.1) is 6.92 Å². The van der Waals surface area contributed by atoms with Gasteiger partial charge in [-0.05, 0) is 19.1 Å². The molecule has 1 saturated heterocycles. The fraction of sp³-hybridized carbons (Fsp3) is 0.385. The number of cyclic esters (lactones) is 1. The fourth-order valence-corrected chi connectivity index (χ4v) is 1.93. The zero-order valence-electron chi connectivity index (χ0n) is 10.1. The molecule has 96 valence electrons. The van der Waals surface area contributed by atoms with E-state index in [1.807, 2.05) is 31.2 Å². The fourth-order valence-electron chi connectivity index (χ4n) is 1.93. The molecule has 18 heavy (non-hydrogen) atoms. The molecule has 0 radical (unpaired) electrons. The molecule has 5 heteroatoms. The predicted molar refractivity (Wildman–Crippen MR) is 65.7 cm³/mol. The van der Waals surface area contributed by atoms with Crippen LogP contribution < -0.4 is 4.90 Å². The third-order valence-corrected chi connectivity index (χ3v) is 2.91. The largest absolute Gasteiger partial charge is 0.481 e. The number of aryl methyl sites for hydroxylation is 1. The average molecular weight is 249 g/mol. The van der Waals surface area contributed by atoms with E-state index in [9.17, 15) is 9.59 Å². The highest BCUT2D eigenvalue weighted by molar-refractivity contribution is 5.88. The SMILES string of the molecule is Cc1ccc(N2CCC(CC(=O)O)OC2=O)cc1. The van der Waals surface area contributed by atoms with Gasteiger partial charge in [0.05, 0.1) is 6.42 Å². The average Bonchev–Trinajstić information content (AvgIpc) is 2.30. The first kappa shape index (κ1) is 12.4. The van der Waals surface area contributed by atoms with E-state index in [0.717, 1.165) is 11.3 Å². The summed E-state index contributed by atoms with van der Waals surface area (Å²) >= 11 is 0. The minimum atomic E-state index is -0.948. The second-order valence-corrected chi connectivity index (χ2v) is 4.38. The summed E-state index contributed by atoms with van der Waals surface area (Å²) in [5.41, 5.74) is 1.90.